The third kappa shape index (κ3) is 4.14. The molecule has 0 aromatic heterocycles. The van der Waals surface area contributed by atoms with Gasteiger partial charge in [0.1, 0.15) is 5.75 Å². The van der Waals surface area contributed by atoms with E-state index in [4.69, 9.17) is 4.74 Å². The number of carbonyl (C=O) groups is 1. The van der Waals surface area contributed by atoms with Gasteiger partial charge >= 0.3 is 0 Å². The number of rotatable bonds is 5. The smallest absolute Gasteiger partial charge is 0.251 e. The van der Waals surface area contributed by atoms with Gasteiger partial charge in [-0.25, -0.2) is 8.42 Å². The van der Waals surface area contributed by atoms with Crippen LogP contribution in [0.2, 0.25) is 0 Å². The minimum atomic E-state index is -3.22. The molecule has 2 rings (SSSR count). The van der Waals surface area contributed by atoms with Crippen LogP contribution in [-0.2, 0) is 9.84 Å². The molecule has 2 aromatic rings. The van der Waals surface area contributed by atoms with Gasteiger partial charge in [-0.15, -0.1) is 0 Å². The second kappa shape index (κ2) is 7.05. The Morgan fingerprint density at radius 1 is 1.12 bits per heavy atom. The Morgan fingerprint density at radius 3 is 2.25 bits per heavy atom. The van der Waals surface area contributed by atoms with Crippen molar-refractivity contribution in [1.29, 1.82) is 0 Å². The number of carbonyl (C=O) groups excluding carboxylic acids is 1. The number of ether oxygens (including phenoxy) is 1. The SMILES string of the molecule is COc1ccc(C(=O)N[C@@H](C)c2ccc(S(C)(=O)=O)cc2)cc1C. The number of aryl methyl sites for hydroxylation is 1. The molecule has 5 nitrogen and oxygen atoms in total. The maximum Gasteiger partial charge on any atom is 0.251 e. The van der Waals surface area contributed by atoms with Crippen molar-refractivity contribution in [3.05, 3.63) is 59.2 Å². The summed E-state index contributed by atoms with van der Waals surface area (Å²) in [6.07, 6.45) is 1.17. The van der Waals surface area contributed by atoms with Gasteiger partial charge in [-0.3, -0.25) is 4.79 Å². The van der Waals surface area contributed by atoms with Gasteiger partial charge in [-0.05, 0) is 55.3 Å². The van der Waals surface area contributed by atoms with E-state index >= 15 is 0 Å². The largest absolute Gasteiger partial charge is 0.496 e. The number of hydrogen-bond acceptors (Lipinski definition) is 4. The third-order valence-electron chi connectivity index (χ3n) is 3.81. The highest BCUT2D eigenvalue weighted by atomic mass is 32.2. The Morgan fingerprint density at radius 2 is 1.75 bits per heavy atom. The molecule has 1 amide bonds. The van der Waals surface area contributed by atoms with Gasteiger partial charge in [-0.2, -0.15) is 0 Å². The Kier molecular flexibility index (Phi) is 5.29. The summed E-state index contributed by atoms with van der Waals surface area (Å²) in [4.78, 5) is 12.6. The molecule has 128 valence electrons. The summed E-state index contributed by atoms with van der Waals surface area (Å²) in [5.41, 5.74) is 2.27. The summed E-state index contributed by atoms with van der Waals surface area (Å²) in [5, 5.41) is 2.91. The van der Waals surface area contributed by atoms with Crippen LogP contribution < -0.4 is 10.1 Å². The zero-order valence-corrected chi connectivity index (χ0v) is 15.0. The van der Waals surface area contributed by atoms with Crippen molar-refractivity contribution in [2.24, 2.45) is 0 Å². The van der Waals surface area contributed by atoms with Crippen LogP contribution >= 0.6 is 0 Å². The first-order valence-corrected chi connectivity index (χ1v) is 9.37. The first-order chi connectivity index (χ1) is 11.2. The standard InChI is InChI=1S/C18H21NO4S/c1-12-11-15(7-10-17(12)23-3)18(20)19-13(2)14-5-8-16(9-6-14)24(4,21)22/h5-11,13H,1-4H3,(H,19,20)/t13-/m0/s1. The number of nitrogens with one attached hydrogen (secondary N) is 1. The topological polar surface area (TPSA) is 72.5 Å². The van der Waals surface area contributed by atoms with Crippen LogP contribution in [0, 0.1) is 6.92 Å². The van der Waals surface area contributed by atoms with Gasteiger partial charge in [0.25, 0.3) is 5.91 Å². The molecular formula is C18H21NO4S. The van der Waals surface area contributed by atoms with E-state index in [1.165, 1.54) is 6.26 Å². The van der Waals surface area contributed by atoms with Crippen LogP contribution in [0.1, 0.15) is 34.5 Å². The summed E-state index contributed by atoms with van der Waals surface area (Å²) < 4.78 is 28.1. The molecule has 0 aliphatic rings. The molecule has 0 saturated heterocycles. The van der Waals surface area contributed by atoms with Gasteiger partial charge in [0.05, 0.1) is 18.0 Å². The fourth-order valence-corrected chi connectivity index (χ4v) is 3.02. The van der Waals surface area contributed by atoms with Crippen molar-refractivity contribution in [1.82, 2.24) is 5.32 Å². The van der Waals surface area contributed by atoms with E-state index in [9.17, 15) is 13.2 Å². The maximum absolute atomic E-state index is 12.4. The zero-order chi connectivity index (χ0) is 17.9. The molecule has 0 spiro atoms. The second-order valence-electron chi connectivity index (χ2n) is 5.72. The van der Waals surface area contributed by atoms with E-state index < -0.39 is 9.84 Å². The fraction of sp³-hybridized carbons (Fsp3) is 0.278. The van der Waals surface area contributed by atoms with Crippen molar-refractivity contribution in [2.45, 2.75) is 24.8 Å². The van der Waals surface area contributed by atoms with E-state index in [2.05, 4.69) is 5.32 Å². The highest BCUT2D eigenvalue weighted by Gasteiger charge is 2.14. The number of methoxy groups -OCH3 is 1. The molecule has 0 fully saturated rings. The quantitative estimate of drug-likeness (QED) is 0.903. The molecule has 0 aliphatic heterocycles. The molecule has 0 radical (unpaired) electrons. The monoisotopic (exact) mass is 347 g/mol. The van der Waals surface area contributed by atoms with Crippen LogP contribution in [0.15, 0.2) is 47.4 Å². The Balaban J connectivity index is 2.12. The minimum Gasteiger partial charge on any atom is -0.496 e. The number of hydrogen-bond donors (Lipinski definition) is 1. The van der Waals surface area contributed by atoms with Crippen LogP contribution in [0.4, 0.5) is 0 Å². The van der Waals surface area contributed by atoms with Gasteiger partial charge < -0.3 is 10.1 Å². The predicted molar refractivity (Wildman–Crippen MR) is 93.2 cm³/mol. The van der Waals surface area contributed by atoms with Crippen LogP contribution in [0.25, 0.3) is 0 Å². The van der Waals surface area contributed by atoms with Crippen molar-refractivity contribution in [3.8, 4) is 5.75 Å². The lowest BCUT2D eigenvalue weighted by atomic mass is 10.1. The lowest BCUT2D eigenvalue weighted by molar-refractivity contribution is 0.0939. The van der Waals surface area contributed by atoms with Gasteiger partial charge in [0, 0.05) is 11.8 Å². The molecule has 0 aliphatic carbocycles. The number of amides is 1. The number of benzene rings is 2. The molecule has 0 unspecified atom stereocenters. The highest BCUT2D eigenvalue weighted by molar-refractivity contribution is 7.90. The van der Waals surface area contributed by atoms with E-state index in [1.807, 2.05) is 13.8 Å². The summed E-state index contributed by atoms with van der Waals surface area (Å²) in [6, 6.07) is 11.5. The maximum atomic E-state index is 12.4. The first kappa shape index (κ1) is 18.0. The summed E-state index contributed by atoms with van der Waals surface area (Å²) in [5.74, 6) is 0.538. The average molecular weight is 347 g/mol. The molecule has 1 N–H and O–H groups in total. The fourth-order valence-electron chi connectivity index (χ4n) is 2.39. The van der Waals surface area contributed by atoms with E-state index in [0.29, 0.717) is 5.56 Å². The highest BCUT2D eigenvalue weighted by Crippen LogP contribution is 2.20. The molecular weight excluding hydrogens is 326 g/mol. The van der Waals surface area contributed by atoms with Crippen LogP contribution in [-0.4, -0.2) is 27.7 Å². The molecule has 0 heterocycles. The second-order valence-corrected chi connectivity index (χ2v) is 7.74. The van der Waals surface area contributed by atoms with E-state index in [1.54, 1.807) is 49.6 Å². The third-order valence-corrected chi connectivity index (χ3v) is 4.94. The Hall–Kier alpha value is -2.34. The normalized spacial score (nSPS) is 12.5. The number of sulfone groups is 1. The lowest BCUT2D eigenvalue weighted by Gasteiger charge is -2.15. The van der Waals surface area contributed by atoms with Gasteiger partial charge in [-0.1, -0.05) is 12.1 Å². The van der Waals surface area contributed by atoms with E-state index in [-0.39, 0.29) is 16.8 Å². The van der Waals surface area contributed by atoms with Gasteiger partial charge in [0.15, 0.2) is 9.84 Å². The molecule has 2 aromatic carbocycles. The predicted octanol–water partition coefficient (Wildman–Crippen LogP) is 2.90. The van der Waals surface area contributed by atoms with Crippen LogP contribution in [0.5, 0.6) is 5.75 Å². The molecule has 1 atom stereocenters. The van der Waals surface area contributed by atoms with Crippen LogP contribution in [0.3, 0.4) is 0 Å². The van der Waals surface area contributed by atoms with Gasteiger partial charge in [0.2, 0.25) is 0 Å². The van der Waals surface area contributed by atoms with Crippen molar-refractivity contribution < 1.29 is 17.9 Å². The van der Waals surface area contributed by atoms with Crippen molar-refractivity contribution in [2.75, 3.05) is 13.4 Å². The summed E-state index contributed by atoms with van der Waals surface area (Å²) in [6.45, 7) is 3.73. The molecule has 24 heavy (non-hydrogen) atoms. The van der Waals surface area contributed by atoms with Crippen molar-refractivity contribution >= 4 is 15.7 Å². The average Bonchev–Trinajstić information content (AvgIpc) is 2.54. The molecule has 6 heteroatoms. The summed E-state index contributed by atoms with van der Waals surface area (Å²) >= 11 is 0. The summed E-state index contributed by atoms with van der Waals surface area (Å²) in [7, 11) is -1.63. The molecule has 0 saturated carbocycles. The van der Waals surface area contributed by atoms with Crippen molar-refractivity contribution in [3.63, 3.8) is 0 Å². The first-order valence-electron chi connectivity index (χ1n) is 7.48. The Labute approximate surface area is 142 Å². The lowest BCUT2D eigenvalue weighted by Crippen LogP contribution is -2.26. The minimum absolute atomic E-state index is 0.194. The zero-order valence-electron chi connectivity index (χ0n) is 14.2. The molecule has 0 bridgehead atoms. The van der Waals surface area contributed by atoms with E-state index in [0.717, 1.165) is 16.9 Å². The Bertz CT molecular complexity index is 842.